The van der Waals surface area contributed by atoms with Gasteiger partial charge in [0.15, 0.2) is 5.54 Å². The molecule has 2 fully saturated rings. The summed E-state index contributed by atoms with van der Waals surface area (Å²) in [7, 11) is 0. The molecule has 2 rings (SSSR count). The monoisotopic (exact) mass is 256 g/mol. The van der Waals surface area contributed by atoms with E-state index in [1.807, 2.05) is 0 Å². The molecule has 1 heterocycles. The molecule has 3 N–H and O–H groups in total. The molecule has 0 aromatic carbocycles. The Bertz CT molecular complexity index is 361. The molecule has 1 aliphatic heterocycles. The number of hydrogen-bond acceptors (Lipinski definition) is 3. The van der Waals surface area contributed by atoms with Crippen LogP contribution in [0, 0.1) is 11.3 Å². The van der Waals surface area contributed by atoms with Crippen LogP contribution in [0.4, 0.5) is 4.79 Å². The number of amides is 2. The average Bonchev–Trinajstić information content (AvgIpc) is 2.71. The van der Waals surface area contributed by atoms with Crippen LogP contribution in [0.1, 0.15) is 26.7 Å². The first-order valence-electron chi connectivity index (χ1n) is 6.23. The third-order valence-corrected chi connectivity index (χ3v) is 4.01. The van der Waals surface area contributed by atoms with E-state index in [1.54, 1.807) is 0 Å². The highest BCUT2D eigenvalue weighted by Gasteiger charge is 2.46. The fraction of sp³-hybridized carbons (Fsp3) is 0.833. The molecule has 2 amide bonds. The van der Waals surface area contributed by atoms with Crippen molar-refractivity contribution in [1.82, 2.24) is 10.6 Å². The van der Waals surface area contributed by atoms with Gasteiger partial charge in [-0.15, -0.1) is 0 Å². The van der Waals surface area contributed by atoms with Crippen LogP contribution in [0.15, 0.2) is 0 Å². The van der Waals surface area contributed by atoms with E-state index >= 15 is 0 Å². The van der Waals surface area contributed by atoms with Crippen LogP contribution in [0.25, 0.3) is 0 Å². The maximum Gasteiger partial charge on any atom is 0.332 e. The van der Waals surface area contributed by atoms with Crippen molar-refractivity contribution in [2.24, 2.45) is 11.3 Å². The molecular formula is C12H20N2O4. The van der Waals surface area contributed by atoms with Crippen LogP contribution in [-0.4, -0.2) is 42.4 Å². The summed E-state index contributed by atoms with van der Waals surface area (Å²) >= 11 is 0. The number of carboxylic acids is 1. The summed E-state index contributed by atoms with van der Waals surface area (Å²) < 4.78 is 5.07. The van der Waals surface area contributed by atoms with Crippen molar-refractivity contribution in [3.8, 4) is 0 Å². The molecule has 2 aliphatic rings. The lowest BCUT2D eigenvalue weighted by Gasteiger charge is -2.23. The second-order valence-electron chi connectivity index (χ2n) is 5.91. The topological polar surface area (TPSA) is 87.7 Å². The molecule has 2 unspecified atom stereocenters. The van der Waals surface area contributed by atoms with Gasteiger partial charge < -0.3 is 20.5 Å². The maximum absolute atomic E-state index is 11.7. The van der Waals surface area contributed by atoms with Crippen molar-refractivity contribution in [2.45, 2.75) is 32.2 Å². The van der Waals surface area contributed by atoms with Gasteiger partial charge in [-0.05, 0) is 17.8 Å². The number of aliphatic carboxylic acids is 1. The zero-order valence-corrected chi connectivity index (χ0v) is 10.8. The molecule has 6 nitrogen and oxygen atoms in total. The molecule has 0 aromatic rings. The summed E-state index contributed by atoms with van der Waals surface area (Å²) in [5.41, 5.74) is -0.961. The fourth-order valence-electron chi connectivity index (χ4n) is 2.29. The third-order valence-electron chi connectivity index (χ3n) is 4.01. The number of carbonyl (C=O) groups is 2. The van der Waals surface area contributed by atoms with Gasteiger partial charge in [-0.3, -0.25) is 0 Å². The first-order valence-corrected chi connectivity index (χ1v) is 6.23. The number of carbonyl (C=O) groups excluding carboxylic acids is 1. The van der Waals surface area contributed by atoms with Gasteiger partial charge in [0.25, 0.3) is 0 Å². The first kappa shape index (κ1) is 13.1. The number of ether oxygens (including phenoxy) is 1. The van der Waals surface area contributed by atoms with Gasteiger partial charge in [0.2, 0.25) is 0 Å². The van der Waals surface area contributed by atoms with E-state index in [9.17, 15) is 9.59 Å². The van der Waals surface area contributed by atoms with Gasteiger partial charge in [0.1, 0.15) is 0 Å². The van der Waals surface area contributed by atoms with E-state index in [2.05, 4.69) is 24.5 Å². The zero-order valence-electron chi connectivity index (χ0n) is 10.8. The van der Waals surface area contributed by atoms with Gasteiger partial charge in [0.05, 0.1) is 6.61 Å². The summed E-state index contributed by atoms with van der Waals surface area (Å²) in [6.07, 6.45) is 1.41. The number of hydrogen-bond donors (Lipinski definition) is 3. The van der Waals surface area contributed by atoms with Gasteiger partial charge in [-0.2, -0.15) is 0 Å². The van der Waals surface area contributed by atoms with Crippen LogP contribution in [0.5, 0.6) is 0 Å². The van der Waals surface area contributed by atoms with Crippen molar-refractivity contribution in [2.75, 3.05) is 19.8 Å². The van der Waals surface area contributed by atoms with Crippen molar-refractivity contribution in [3.63, 3.8) is 0 Å². The maximum atomic E-state index is 11.7. The van der Waals surface area contributed by atoms with Crippen LogP contribution in [0.3, 0.4) is 0 Å². The second-order valence-corrected chi connectivity index (χ2v) is 5.91. The van der Waals surface area contributed by atoms with Crippen LogP contribution in [0.2, 0.25) is 0 Å². The second kappa shape index (κ2) is 4.42. The third kappa shape index (κ3) is 2.58. The Balaban J connectivity index is 1.81. The summed E-state index contributed by atoms with van der Waals surface area (Å²) in [4.78, 5) is 22.9. The van der Waals surface area contributed by atoms with Gasteiger partial charge in [-0.1, -0.05) is 13.8 Å². The van der Waals surface area contributed by atoms with E-state index in [4.69, 9.17) is 9.84 Å². The molecule has 1 aliphatic carbocycles. The van der Waals surface area contributed by atoms with E-state index < -0.39 is 17.5 Å². The number of nitrogens with one attached hydrogen (secondary N) is 2. The molecule has 0 spiro atoms. The molecule has 6 heteroatoms. The smallest absolute Gasteiger partial charge is 0.332 e. The molecule has 0 aromatic heterocycles. The van der Waals surface area contributed by atoms with Gasteiger partial charge in [0, 0.05) is 19.6 Å². The molecule has 102 valence electrons. The quantitative estimate of drug-likeness (QED) is 0.686. The summed E-state index contributed by atoms with van der Waals surface area (Å²) in [5.74, 6) is -0.550. The number of carboxylic acid groups (broad SMARTS) is 1. The summed E-state index contributed by atoms with van der Waals surface area (Å²) in [5, 5.41) is 14.4. The van der Waals surface area contributed by atoms with E-state index in [1.165, 1.54) is 0 Å². The Morgan fingerprint density at radius 1 is 1.44 bits per heavy atom. The fourth-order valence-corrected chi connectivity index (χ4v) is 2.29. The van der Waals surface area contributed by atoms with Gasteiger partial charge >= 0.3 is 12.0 Å². The highest BCUT2D eigenvalue weighted by atomic mass is 16.5. The Hall–Kier alpha value is -1.30. The molecule has 18 heavy (non-hydrogen) atoms. The predicted octanol–water partition coefficient (Wildman–Crippen LogP) is 0.575. The van der Waals surface area contributed by atoms with Crippen LogP contribution in [-0.2, 0) is 9.53 Å². The zero-order chi connectivity index (χ0) is 13.4. The molecule has 1 saturated carbocycles. The number of rotatable bonds is 4. The highest BCUT2D eigenvalue weighted by molar-refractivity contribution is 5.86. The Labute approximate surface area is 106 Å². The highest BCUT2D eigenvalue weighted by Crippen LogP contribution is 2.50. The molecule has 0 bridgehead atoms. The van der Waals surface area contributed by atoms with Crippen LogP contribution < -0.4 is 10.6 Å². The molecule has 2 atom stereocenters. The lowest BCUT2D eigenvalue weighted by Crippen LogP contribution is -2.58. The first-order chi connectivity index (χ1) is 8.36. The van der Waals surface area contributed by atoms with Crippen LogP contribution >= 0.6 is 0 Å². The molecule has 0 radical (unpaired) electrons. The normalized spacial score (nSPS) is 32.9. The largest absolute Gasteiger partial charge is 0.479 e. The summed E-state index contributed by atoms with van der Waals surface area (Å²) in [6.45, 7) is 5.30. The van der Waals surface area contributed by atoms with Gasteiger partial charge in [-0.25, -0.2) is 9.59 Å². The molecule has 1 saturated heterocycles. The minimum absolute atomic E-state index is 0.0324. The summed E-state index contributed by atoms with van der Waals surface area (Å²) in [6, 6.07) is -0.425. The predicted molar refractivity (Wildman–Crippen MR) is 64.2 cm³/mol. The minimum atomic E-state index is -1.26. The van der Waals surface area contributed by atoms with Crippen molar-refractivity contribution >= 4 is 12.0 Å². The van der Waals surface area contributed by atoms with Crippen molar-refractivity contribution < 1.29 is 19.4 Å². The van der Waals surface area contributed by atoms with E-state index in [-0.39, 0.29) is 6.61 Å². The lowest BCUT2D eigenvalue weighted by atomic mass is 9.99. The number of urea groups is 1. The van der Waals surface area contributed by atoms with Crippen molar-refractivity contribution in [3.05, 3.63) is 0 Å². The SMILES string of the molecule is CC1(C)CC1CNC(=O)NC1(C(=O)O)CCOC1. The Morgan fingerprint density at radius 3 is 2.56 bits per heavy atom. The standard InChI is InChI=1S/C12H20N2O4/c1-11(2)5-8(11)6-13-10(17)14-12(9(15)16)3-4-18-7-12/h8H,3-7H2,1-2H3,(H,15,16)(H2,13,14,17). The van der Waals surface area contributed by atoms with E-state index in [0.29, 0.717) is 30.9 Å². The Kier molecular flexibility index (Phi) is 3.23. The Morgan fingerprint density at radius 2 is 2.11 bits per heavy atom. The van der Waals surface area contributed by atoms with E-state index in [0.717, 1.165) is 6.42 Å². The lowest BCUT2D eigenvalue weighted by molar-refractivity contribution is -0.144. The average molecular weight is 256 g/mol. The minimum Gasteiger partial charge on any atom is -0.479 e. The molecular weight excluding hydrogens is 236 g/mol. The van der Waals surface area contributed by atoms with Crippen molar-refractivity contribution in [1.29, 1.82) is 0 Å².